The van der Waals surface area contributed by atoms with Crippen LogP contribution in [0.25, 0.3) is 0 Å². The molecule has 0 aliphatic heterocycles. The van der Waals surface area contributed by atoms with Crippen molar-refractivity contribution in [3.63, 3.8) is 0 Å². The van der Waals surface area contributed by atoms with E-state index in [0.717, 1.165) is 18.0 Å². The van der Waals surface area contributed by atoms with Crippen LogP contribution in [-0.2, 0) is 0 Å². The molecule has 1 aromatic heterocycles. The lowest BCUT2D eigenvalue weighted by molar-refractivity contribution is 0.584. The van der Waals surface area contributed by atoms with Crippen LogP contribution in [0.2, 0.25) is 0 Å². The molecular formula is C16H21N3S. The van der Waals surface area contributed by atoms with E-state index in [4.69, 9.17) is 0 Å². The summed E-state index contributed by atoms with van der Waals surface area (Å²) in [6, 6.07) is 6.88. The van der Waals surface area contributed by atoms with Crippen LogP contribution >= 0.6 is 11.8 Å². The van der Waals surface area contributed by atoms with Gasteiger partial charge in [-0.2, -0.15) is 0 Å². The molecule has 2 rings (SSSR count). The van der Waals surface area contributed by atoms with Crippen LogP contribution in [-0.4, -0.2) is 22.3 Å². The zero-order valence-corrected chi connectivity index (χ0v) is 13.1. The van der Waals surface area contributed by atoms with Crippen molar-refractivity contribution >= 4 is 11.8 Å². The number of thioether (sulfide) groups is 1. The number of hydrogen-bond donors (Lipinski definition) is 1. The van der Waals surface area contributed by atoms with Crippen LogP contribution < -0.4 is 5.32 Å². The first-order valence-electron chi connectivity index (χ1n) is 6.86. The lowest BCUT2D eigenvalue weighted by Gasteiger charge is -2.12. The van der Waals surface area contributed by atoms with Crippen molar-refractivity contribution in [2.24, 2.45) is 0 Å². The lowest BCUT2D eigenvalue weighted by atomic mass is 10.1. The summed E-state index contributed by atoms with van der Waals surface area (Å²) < 4.78 is 0. The third-order valence-corrected chi connectivity index (χ3v) is 4.32. The highest BCUT2D eigenvalue weighted by Crippen LogP contribution is 2.20. The Morgan fingerprint density at radius 2 is 2.05 bits per heavy atom. The summed E-state index contributed by atoms with van der Waals surface area (Å²) in [5.74, 6) is 1.05. The fraction of sp³-hybridized carbons (Fsp3) is 0.375. The fourth-order valence-corrected chi connectivity index (χ4v) is 2.77. The minimum Gasteiger partial charge on any atom is -0.308 e. The van der Waals surface area contributed by atoms with Crippen molar-refractivity contribution in [2.75, 3.05) is 12.3 Å². The van der Waals surface area contributed by atoms with E-state index in [9.17, 15) is 0 Å². The molecule has 0 aliphatic carbocycles. The van der Waals surface area contributed by atoms with E-state index in [0.29, 0.717) is 0 Å². The highest BCUT2D eigenvalue weighted by Gasteiger charge is 2.05. The number of nitrogens with zero attached hydrogens (tertiary/aromatic N) is 2. The number of nitrogens with one attached hydrogen (secondary N) is 1. The predicted octanol–water partition coefficient (Wildman–Crippen LogP) is 3.54. The average molecular weight is 287 g/mol. The van der Waals surface area contributed by atoms with Crippen LogP contribution in [0.15, 0.2) is 41.7 Å². The van der Waals surface area contributed by atoms with Crippen molar-refractivity contribution in [1.29, 1.82) is 0 Å². The fourth-order valence-electron chi connectivity index (χ4n) is 1.89. The first-order valence-corrected chi connectivity index (χ1v) is 7.84. The molecule has 0 spiro atoms. The predicted molar refractivity (Wildman–Crippen MR) is 85.1 cm³/mol. The van der Waals surface area contributed by atoms with Gasteiger partial charge in [0.15, 0.2) is 0 Å². The van der Waals surface area contributed by atoms with Crippen molar-refractivity contribution < 1.29 is 0 Å². The summed E-state index contributed by atoms with van der Waals surface area (Å²) >= 11 is 1.88. The van der Waals surface area contributed by atoms with Gasteiger partial charge in [-0.25, -0.2) is 0 Å². The molecule has 1 atom stereocenters. The number of aromatic nitrogens is 2. The van der Waals surface area contributed by atoms with Gasteiger partial charge in [-0.15, -0.1) is 11.8 Å². The van der Waals surface area contributed by atoms with Crippen LogP contribution in [0.4, 0.5) is 0 Å². The second kappa shape index (κ2) is 7.41. The molecule has 0 radical (unpaired) electrons. The van der Waals surface area contributed by atoms with Gasteiger partial charge in [0.1, 0.15) is 0 Å². The molecule has 106 valence electrons. The Labute approximate surface area is 125 Å². The molecule has 0 bridgehead atoms. The number of rotatable bonds is 6. The first kappa shape index (κ1) is 15.0. The molecule has 0 fully saturated rings. The van der Waals surface area contributed by atoms with Gasteiger partial charge in [0.05, 0.1) is 5.69 Å². The van der Waals surface area contributed by atoms with E-state index >= 15 is 0 Å². The topological polar surface area (TPSA) is 37.8 Å². The molecule has 0 aliphatic rings. The molecule has 2 aromatic rings. The van der Waals surface area contributed by atoms with Gasteiger partial charge >= 0.3 is 0 Å². The highest BCUT2D eigenvalue weighted by molar-refractivity contribution is 7.99. The van der Waals surface area contributed by atoms with Crippen LogP contribution in [0.1, 0.15) is 29.8 Å². The molecule has 1 N–H and O–H groups in total. The standard InChI is InChI=1S/C16H21N3S/c1-12-4-5-15(10-13(12)2)20-9-8-18-14(3)16-11-17-6-7-19-16/h4-7,10-11,14,18H,8-9H2,1-3H3/t14-/m0/s1. The highest BCUT2D eigenvalue weighted by atomic mass is 32.2. The quantitative estimate of drug-likeness (QED) is 0.651. The van der Waals surface area contributed by atoms with E-state index < -0.39 is 0 Å². The maximum absolute atomic E-state index is 4.31. The largest absolute Gasteiger partial charge is 0.308 e. The Balaban J connectivity index is 1.75. The summed E-state index contributed by atoms with van der Waals surface area (Å²) in [5.41, 5.74) is 3.70. The molecule has 3 nitrogen and oxygen atoms in total. The molecular weight excluding hydrogens is 266 g/mol. The van der Waals surface area contributed by atoms with E-state index in [1.165, 1.54) is 16.0 Å². The van der Waals surface area contributed by atoms with Crippen molar-refractivity contribution in [1.82, 2.24) is 15.3 Å². The average Bonchev–Trinajstić information content (AvgIpc) is 2.48. The van der Waals surface area contributed by atoms with Crippen LogP contribution in [0, 0.1) is 13.8 Å². The third kappa shape index (κ3) is 4.32. The molecule has 20 heavy (non-hydrogen) atoms. The molecule has 0 amide bonds. The Morgan fingerprint density at radius 3 is 2.75 bits per heavy atom. The third-order valence-electron chi connectivity index (χ3n) is 3.33. The molecule has 1 aromatic carbocycles. The Kier molecular flexibility index (Phi) is 5.56. The van der Waals surface area contributed by atoms with Gasteiger partial charge in [0.2, 0.25) is 0 Å². The summed E-state index contributed by atoms with van der Waals surface area (Å²) in [6.45, 7) is 7.38. The second-order valence-electron chi connectivity index (χ2n) is 4.90. The summed E-state index contributed by atoms with van der Waals surface area (Å²) in [4.78, 5) is 9.73. The smallest absolute Gasteiger partial charge is 0.0753 e. The number of hydrogen-bond acceptors (Lipinski definition) is 4. The monoisotopic (exact) mass is 287 g/mol. The van der Waals surface area contributed by atoms with E-state index in [1.54, 1.807) is 12.4 Å². The minimum atomic E-state index is 0.240. The van der Waals surface area contributed by atoms with Crippen molar-refractivity contribution in [2.45, 2.75) is 31.7 Å². The molecule has 0 unspecified atom stereocenters. The van der Waals surface area contributed by atoms with Crippen LogP contribution in [0.5, 0.6) is 0 Å². The normalized spacial score (nSPS) is 12.3. The second-order valence-corrected chi connectivity index (χ2v) is 6.07. The molecule has 0 saturated carbocycles. The molecule has 1 heterocycles. The summed E-state index contributed by atoms with van der Waals surface area (Å²) in [6.07, 6.45) is 5.25. The van der Waals surface area contributed by atoms with Gasteiger partial charge in [0.25, 0.3) is 0 Å². The minimum absolute atomic E-state index is 0.240. The van der Waals surface area contributed by atoms with Gasteiger partial charge in [-0.3, -0.25) is 9.97 Å². The first-order chi connectivity index (χ1) is 9.66. The number of benzene rings is 1. The molecule has 4 heteroatoms. The van der Waals surface area contributed by atoms with Gasteiger partial charge in [0, 0.05) is 41.8 Å². The number of aryl methyl sites for hydroxylation is 2. The summed E-state index contributed by atoms with van der Waals surface area (Å²) in [7, 11) is 0. The van der Waals surface area contributed by atoms with Gasteiger partial charge < -0.3 is 5.32 Å². The Hall–Kier alpha value is -1.39. The Bertz CT molecular complexity index is 543. The zero-order valence-electron chi connectivity index (χ0n) is 12.3. The van der Waals surface area contributed by atoms with E-state index in [-0.39, 0.29) is 6.04 Å². The SMILES string of the molecule is Cc1ccc(SCCN[C@@H](C)c2cnccn2)cc1C. The summed E-state index contributed by atoms with van der Waals surface area (Å²) in [5, 5.41) is 3.47. The lowest BCUT2D eigenvalue weighted by Crippen LogP contribution is -2.22. The van der Waals surface area contributed by atoms with E-state index in [2.05, 4.69) is 54.3 Å². The maximum atomic E-state index is 4.31. The van der Waals surface area contributed by atoms with Gasteiger partial charge in [-0.05, 0) is 44.0 Å². The molecule has 0 saturated heterocycles. The van der Waals surface area contributed by atoms with Crippen molar-refractivity contribution in [3.05, 3.63) is 53.6 Å². The van der Waals surface area contributed by atoms with Crippen LogP contribution in [0.3, 0.4) is 0 Å². The van der Waals surface area contributed by atoms with E-state index in [1.807, 2.05) is 18.0 Å². The van der Waals surface area contributed by atoms with Gasteiger partial charge in [-0.1, -0.05) is 6.07 Å². The maximum Gasteiger partial charge on any atom is 0.0753 e. The Morgan fingerprint density at radius 1 is 1.20 bits per heavy atom. The zero-order chi connectivity index (χ0) is 14.4. The van der Waals surface area contributed by atoms with Crippen molar-refractivity contribution in [3.8, 4) is 0 Å².